The summed E-state index contributed by atoms with van der Waals surface area (Å²) in [7, 11) is 0. The third-order valence-corrected chi connectivity index (χ3v) is 3.77. The molecule has 0 fully saturated rings. The summed E-state index contributed by atoms with van der Waals surface area (Å²) in [6, 6.07) is 11.2. The van der Waals surface area contributed by atoms with E-state index >= 15 is 0 Å². The summed E-state index contributed by atoms with van der Waals surface area (Å²) in [5.74, 6) is 1.13. The van der Waals surface area contributed by atoms with Gasteiger partial charge < -0.3 is 5.73 Å². The first kappa shape index (κ1) is 14.9. The lowest BCUT2D eigenvalue weighted by molar-refractivity contribution is 1.06. The average Bonchev–Trinajstić information content (AvgIpc) is 3.13. The van der Waals surface area contributed by atoms with Crippen molar-refractivity contribution >= 4 is 5.69 Å². The number of pyridine rings is 1. The second-order valence-corrected chi connectivity index (χ2v) is 5.56. The molecule has 0 saturated carbocycles. The molecule has 4 rings (SSSR count). The van der Waals surface area contributed by atoms with Gasteiger partial charge in [-0.15, -0.1) is 0 Å². The number of nitrogens with zero attached hydrogens (tertiary/aromatic N) is 5. The van der Waals surface area contributed by atoms with Gasteiger partial charge in [0.25, 0.3) is 0 Å². The van der Waals surface area contributed by atoms with Gasteiger partial charge in [0.2, 0.25) is 0 Å². The Kier molecular flexibility index (Phi) is 3.66. The van der Waals surface area contributed by atoms with Crippen LogP contribution in [0.15, 0.2) is 55.0 Å². The van der Waals surface area contributed by atoms with Crippen molar-refractivity contribution in [1.82, 2.24) is 30.1 Å². The zero-order chi connectivity index (χ0) is 17.2. The normalized spacial score (nSPS) is 10.8. The van der Waals surface area contributed by atoms with Crippen molar-refractivity contribution < 1.29 is 0 Å². The van der Waals surface area contributed by atoms with Gasteiger partial charge in [0.05, 0.1) is 17.6 Å². The molecule has 0 amide bonds. The maximum Gasteiger partial charge on any atom is 0.181 e. The van der Waals surface area contributed by atoms with Crippen LogP contribution in [0.2, 0.25) is 0 Å². The molecule has 0 aliphatic carbocycles. The number of benzene rings is 1. The number of aromatic amines is 1. The molecule has 0 unspecified atom stereocenters. The van der Waals surface area contributed by atoms with Gasteiger partial charge in [-0.2, -0.15) is 5.10 Å². The van der Waals surface area contributed by atoms with Crippen molar-refractivity contribution in [2.75, 3.05) is 5.73 Å². The summed E-state index contributed by atoms with van der Waals surface area (Å²) in [6.45, 7) is 1.89. The quantitative estimate of drug-likeness (QED) is 0.560. The van der Waals surface area contributed by atoms with E-state index in [1.165, 1.54) is 0 Å². The van der Waals surface area contributed by atoms with Gasteiger partial charge in [0.15, 0.2) is 11.6 Å². The molecule has 0 atom stereocenters. The fourth-order valence-electron chi connectivity index (χ4n) is 2.50. The highest BCUT2D eigenvalue weighted by Gasteiger charge is 2.14. The fourth-order valence-corrected chi connectivity index (χ4v) is 2.50. The molecule has 4 aromatic rings. The van der Waals surface area contributed by atoms with Gasteiger partial charge in [-0.3, -0.25) is 15.1 Å². The largest absolute Gasteiger partial charge is 0.399 e. The number of nitrogen functional groups attached to an aromatic ring is 1. The maximum atomic E-state index is 5.83. The van der Waals surface area contributed by atoms with Gasteiger partial charge in [0, 0.05) is 29.2 Å². The lowest BCUT2D eigenvalue weighted by atomic mass is 10.2. The van der Waals surface area contributed by atoms with E-state index in [0.29, 0.717) is 23.0 Å². The number of hydrogen-bond acceptors (Lipinski definition) is 6. The molecule has 0 spiro atoms. The molecule has 3 aromatic heterocycles. The van der Waals surface area contributed by atoms with Gasteiger partial charge in [-0.25, -0.2) is 9.97 Å². The smallest absolute Gasteiger partial charge is 0.181 e. The van der Waals surface area contributed by atoms with E-state index in [9.17, 15) is 0 Å². The van der Waals surface area contributed by atoms with E-state index in [4.69, 9.17) is 5.73 Å². The monoisotopic (exact) mass is 329 g/mol. The first-order valence-electron chi connectivity index (χ1n) is 7.73. The third kappa shape index (κ3) is 2.94. The topological polar surface area (TPSA) is 106 Å². The predicted octanol–water partition coefficient (Wildman–Crippen LogP) is 2.88. The van der Waals surface area contributed by atoms with Crippen molar-refractivity contribution in [2.24, 2.45) is 0 Å². The van der Waals surface area contributed by atoms with E-state index in [-0.39, 0.29) is 0 Å². The maximum absolute atomic E-state index is 5.83. The Labute approximate surface area is 144 Å². The zero-order valence-corrected chi connectivity index (χ0v) is 13.5. The van der Waals surface area contributed by atoms with Crippen LogP contribution in [0.1, 0.15) is 5.69 Å². The minimum Gasteiger partial charge on any atom is -0.399 e. The lowest BCUT2D eigenvalue weighted by Crippen LogP contribution is -1.96. The van der Waals surface area contributed by atoms with Crippen molar-refractivity contribution in [2.45, 2.75) is 6.92 Å². The number of rotatable bonds is 3. The minimum absolute atomic E-state index is 0.563. The van der Waals surface area contributed by atoms with E-state index in [0.717, 1.165) is 22.5 Å². The summed E-state index contributed by atoms with van der Waals surface area (Å²) in [5.41, 5.74) is 10.4. The van der Waals surface area contributed by atoms with Gasteiger partial charge in [0.1, 0.15) is 5.69 Å². The average molecular weight is 329 g/mol. The molecule has 7 nitrogen and oxygen atoms in total. The third-order valence-electron chi connectivity index (χ3n) is 3.77. The fraction of sp³-hybridized carbons (Fsp3) is 0.0556. The molecule has 25 heavy (non-hydrogen) atoms. The standard InChI is InChI=1S/C18H15N7/c1-11-16(22-15(10-21-11)13-5-3-7-20-9-13)18-23-17(24-25-18)12-4-2-6-14(19)8-12/h2-10H,19H2,1H3,(H,23,24,25). The molecule has 0 bridgehead atoms. The van der Waals surface area contributed by atoms with Crippen molar-refractivity contribution in [3.8, 4) is 34.2 Å². The number of aryl methyl sites for hydroxylation is 1. The number of nitrogens with one attached hydrogen (secondary N) is 1. The Bertz CT molecular complexity index is 1020. The molecule has 0 saturated heterocycles. The molecule has 3 heterocycles. The highest BCUT2D eigenvalue weighted by Crippen LogP contribution is 2.24. The highest BCUT2D eigenvalue weighted by molar-refractivity contribution is 5.65. The summed E-state index contributed by atoms with van der Waals surface area (Å²) in [6.07, 6.45) is 5.20. The first-order chi connectivity index (χ1) is 12.2. The molecular formula is C18H15N7. The van der Waals surface area contributed by atoms with Gasteiger partial charge in [-0.1, -0.05) is 12.1 Å². The first-order valence-corrected chi connectivity index (χ1v) is 7.73. The Morgan fingerprint density at radius 2 is 1.88 bits per heavy atom. The van der Waals surface area contributed by atoms with Crippen molar-refractivity contribution in [1.29, 1.82) is 0 Å². The molecule has 7 heteroatoms. The van der Waals surface area contributed by atoms with Crippen LogP contribution in [0.5, 0.6) is 0 Å². The second kappa shape index (κ2) is 6.12. The Morgan fingerprint density at radius 1 is 1.00 bits per heavy atom. The number of anilines is 1. The van der Waals surface area contributed by atoms with E-state index in [1.54, 1.807) is 18.6 Å². The number of H-pyrrole nitrogens is 1. The number of hydrogen-bond donors (Lipinski definition) is 2. The van der Waals surface area contributed by atoms with Crippen molar-refractivity contribution in [3.05, 3.63) is 60.7 Å². The minimum atomic E-state index is 0.563. The molecule has 0 aliphatic rings. The van der Waals surface area contributed by atoms with Crippen LogP contribution in [0.4, 0.5) is 5.69 Å². The van der Waals surface area contributed by atoms with Gasteiger partial charge >= 0.3 is 0 Å². The Balaban J connectivity index is 1.75. The van der Waals surface area contributed by atoms with Crippen LogP contribution in [-0.2, 0) is 0 Å². The summed E-state index contributed by atoms with van der Waals surface area (Å²) in [5, 5.41) is 7.22. The van der Waals surface area contributed by atoms with Crippen LogP contribution in [0, 0.1) is 6.92 Å². The van der Waals surface area contributed by atoms with Crippen LogP contribution in [0.25, 0.3) is 34.2 Å². The molecule has 0 radical (unpaired) electrons. The van der Waals surface area contributed by atoms with Crippen molar-refractivity contribution in [3.63, 3.8) is 0 Å². The lowest BCUT2D eigenvalue weighted by Gasteiger charge is -2.04. The Morgan fingerprint density at radius 3 is 2.68 bits per heavy atom. The van der Waals surface area contributed by atoms with E-state index in [1.807, 2.05) is 43.3 Å². The zero-order valence-electron chi connectivity index (χ0n) is 13.5. The van der Waals surface area contributed by atoms with E-state index < -0.39 is 0 Å². The Hall–Kier alpha value is -3.61. The molecule has 0 aliphatic heterocycles. The predicted molar refractivity (Wildman–Crippen MR) is 95.2 cm³/mol. The highest BCUT2D eigenvalue weighted by atomic mass is 15.2. The van der Waals surface area contributed by atoms with Crippen LogP contribution >= 0.6 is 0 Å². The number of nitrogens with two attached hydrogens (primary N) is 1. The summed E-state index contributed by atoms with van der Waals surface area (Å²) >= 11 is 0. The summed E-state index contributed by atoms with van der Waals surface area (Å²) in [4.78, 5) is 17.8. The van der Waals surface area contributed by atoms with Crippen LogP contribution in [-0.4, -0.2) is 30.1 Å². The van der Waals surface area contributed by atoms with Crippen LogP contribution < -0.4 is 5.73 Å². The summed E-state index contributed by atoms with van der Waals surface area (Å²) < 4.78 is 0. The molecule has 3 N–H and O–H groups in total. The number of aromatic nitrogens is 6. The SMILES string of the molecule is Cc1ncc(-c2cccnc2)nc1-c1nc(-c2cccc(N)c2)n[nH]1. The molecule has 122 valence electrons. The molecular weight excluding hydrogens is 314 g/mol. The molecule has 1 aromatic carbocycles. The second-order valence-electron chi connectivity index (χ2n) is 5.56. The van der Waals surface area contributed by atoms with Crippen LogP contribution in [0.3, 0.4) is 0 Å². The van der Waals surface area contributed by atoms with E-state index in [2.05, 4.69) is 30.1 Å². The van der Waals surface area contributed by atoms with Gasteiger partial charge in [-0.05, 0) is 31.2 Å².